The molecule has 0 aromatic heterocycles. The fraction of sp³-hybridized carbons (Fsp3) is 0.222. The highest BCUT2D eigenvalue weighted by molar-refractivity contribution is 5.91. The molecule has 0 radical (unpaired) electrons. The number of para-hydroxylation sites is 1. The average Bonchev–Trinajstić information content (AvgIpc) is 2.07. The fourth-order valence-electron chi connectivity index (χ4n) is 1.07. The smallest absolute Gasteiger partial charge is 0.387 e. The standard InChI is InChI=1S/C9H8F2O3/c1-5-3-2-4-6(8(12)13)7(5)14-9(10)11/h2-4,9H,1H3,(H,12,13). The first kappa shape index (κ1) is 10.4. The van der Waals surface area contributed by atoms with Crippen molar-refractivity contribution in [2.45, 2.75) is 13.5 Å². The molecule has 5 heteroatoms. The number of hydrogen-bond donors (Lipinski definition) is 1. The number of ether oxygens (including phenoxy) is 1. The molecule has 0 aliphatic heterocycles. The van der Waals surface area contributed by atoms with Crippen LogP contribution in [0.4, 0.5) is 8.78 Å². The molecular weight excluding hydrogens is 194 g/mol. The second-order valence-corrected chi connectivity index (χ2v) is 2.64. The summed E-state index contributed by atoms with van der Waals surface area (Å²) >= 11 is 0. The van der Waals surface area contributed by atoms with Crippen LogP contribution in [-0.2, 0) is 0 Å². The normalized spacial score (nSPS) is 10.3. The summed E-state index contributed by atoms with van der Waals surface area (Å²) in [6.07, 6.45) is 0. The first-order chi connectivity index (χ1) is 6.52. The molecule has 0 aliphatic carbocycles. The van der Waals surface area contributed by atoms with Gasteiger partial charge in [-0.05, 0) is 18.6 Å². The third kappa shape index (κ3) is 2.18. The summed E-state index contributed by atoms with van der Waals surface area (Å²) in [6.45, 7) is -1.52. The van der Waals surface area contributed by atoms with E-state index in [0.29, 0.717) is 5.56 Å². The molecule has 14 heavy (non-hydrogen) atoms. The van der Waals surface area contributed by atoms with Crippen molar-refractivity contribution in [1.82, 2.24) is 0 Å². The highest BCUT2D eigenvalue weighted by atomic mass is 19.3. The Hall–Kier alpha value is -1.65. The van der Waals surface area contributed by atoms with Crippen molar-refractivity contribution in [3.05, 3.63) is 29.3 Å². The number of hydrogen-bond acceptors (Lipinski definition) is 2. The molecule has 3 nitrogen and oxygen atoms in total. The molecular formula is C9H8F2O3. The van der Waals surface area contributed by atoms with Crippen molar-refractivity contribution >= 4 is 5.97 Å². The Morgan fingerprint density at radius 3 is 2.64 bits per heavy atom. The van der Waals surface area contributed by atoms with Gasteiger partial charge in [0.2, 0.25) is 0 Å². The lowest BCUT2D eigenvalue weighted by Gasteiger charge is -2.10. The van der Waals surface area contributed by atoms with Gasteiger partial charge in [-0.2, -0.15) is 8.78 Å². The quantitative estimate of drug-likeness (QED) is 0.817. The van der Waals surface area contributed by atoms with E-state index in [9.17, 15) is 13.6 Å². The van der Waals surface area contributed by atoms with Crippen LogP contribution < -0.4 is 4.74 Å². The summed E-state index contributed by atoms with van der Waals surface area (Å²) in [5.41, 5.74) is 0.107. The molecule has 0 saturated carbocycles. The Balaban J connectivity index is 3.15. The van der Waals surface area contributed by atoms with Crippen LogP contribution in [0.25, 0.3) is 0 Å². The summed E-state index contributed by atoms with van der Waals surface area (Å²) in [7, 11) is 0. The summed E-state index contributed by atoms with van der Waals surface area (Å²) in [5, 5.41) is 8.68. The van der Waals surface area contributed by atoms with E-state index >= 15 is 0 Å². The largest absolute Gasteiger partial charge is 0.478 e. The molecule has 0 unspecified atom stereocenters. The number of carboxylic acids is 1. The van der Waals surface area contributed by atoms with Crippen molar-refractivity contribution in [2.24, 2.45) is 0 Å². The van der Waals surface area contributed by atoms with E-state index in [2.05, 4.69) is 4.74 Å². The van der Waals surface area contributed by atoms with Crippen LogP contribution in [0.3, 0.4) is 0 Å². The second-order valence-electron chi connectivity index (χ2n) is 2.64. The third-order valence-electron chi connectivity index (χ3n) is 1.65. The molecule has 0 atom stereocenters. The number of carbonyl (C=O) groups is 1. The maximum atomic E-state index is 11.9. The molecule has 0 bridgehead atoms. The minimum Gasteiger partial charge on any atom is -0.478 e. The number of halogens is 2. The number of aryl methyl sites for hydroxylation is 1. The van der Waals surface area contributed by atoms with Crippen molar-refractivity contribution in [3.8, 4) is 5.75 Å². The second kappa shape index (κ2) is 4.04. The van der Waals surface area contributed by atoms with Crippen molar-refractivity contribution in [2.75, 3.05) is 0 Å². The summed E-state index contributed by atoms with van der Waals surface area (Å²) in [4.78, 5) is 10.6. The lowest BCUT2D eigenvalue weighted by Crippen LogP contribution is -2.08. The first-order valence-corrected chi connectivity index (χ1v) is 3.80. The van der Waals surface area contributed by atoms with Gasteiger partial charge in [-0.3, -0.25) is 0 Å². The molecule has 76 valence electrons. The number of alkyl halides is 2. The van der Waals surface area contributed by atoms with Gasteiger partial charge < -0.3 is 9.84 Å². The average molecular weight is 202 g/mol. The predicted molar refractivity (Wildman–Crippen MR) is 44.8 cm³/mol. The minimum atomic E-state index is -3.02. The molecule has 0 spiro atoms. The summed E-state index contributed by atoms with van der Waals surface area (Å²) in [6, 6.07) is 4.19. The van der Waals surface area contributed by atoms with Crippen LogP contribution in [-0.4, -0.2) is 17.7 Å². The maximum absolute atomic E-state index is 11.9. The van der Waals surface area contributed by atoms with Gasteiger partial charge in [0.25, 0.3) is 0 Å². The van der Waals surface area contributed by atoms with Gasteiger partial charge in [-0.1, -0.05) is 12.1 Å². The number of rotatable bonds is 3. The monoisotopic (exact) mass is 202 g/mol. The van der Waals surface area contributed by atoms with Crippen LogP contribution in [0.5, 0.6) is 5.75 Å². The molecule has 0 aliphatic rings. The van der Waals surface area contributed by atoms with E-state index in [4.69, 9.17) is 5.11 Å². The molecule has 0 heterocycles. The first-order valence-electron chi connectivity index (χ1n) is 3.80. The lowest BCUT2D eigenvalue weighted by atomic mass is 10.1. The maximum Gasteiger partial charge on any atom is 0.387 e. The number of aromatic carboxylic acids is 1. The van der Waals surface area contributed by atoms with Crippen molar-refractivity contribution in [1.29, 1.82) is 0 Å². The number of benzene rings is 1. The van der Waals surface area contributed by atoms with Gasteiger partial charge >= 0.3 is 12.6 Å². The van der Waals surface area contributed by atoms with Crippen molar-refractivity contribution < 1.29 is 23.4 Å². The fourth-order valence-corrected chi connectivity index (χ4v) is 1.07. The molecule has 1 rings (SSSR count). The van der Waals surface area contributed by atoms with Crippen LogP contribution in [0.1, 0.15) is 15.9 Å². The highest BCUT2D eigenvalue weighted by Crippen LogP contribution is 2.24. The Kier molecular flexibility index (Phi) is 3.01. The molecule has 0 amide bonds. The molecule has 1 aromatic carbocycles. The van der Waals surface area contributed by atoms with Crippen LogP contribution in [0, 0.1) is 6.92 Å². The number of carboxylic acid groups (broad SMARTS) is 1. The van der Waals surface area contributed by atoms with E-state index in [-0.39, 0.29) is 11.3 Å². The lowest BCUT2D eigenvalue weighted by molar-refractivity contribution is -0.0507. The zero-order valence-electron chi connectivity index (χ0n) is 7.33. The van der Waals surface area contributed by atoms with Gasteiger partial charge in [-0.25, -0.2) is 4.79 Å². The van der Waals surface area contributed by atoms with Crippen LogP contribution in [0.15, 0.2) is 18.2 Å². The Morgan fingerprint density at radius 1 is 1.50 bits per heavy atom. The van der Waals surface area contributed by atoms with Gasteiger partial charge in [0.1, 0.15) is 11.3 Å². The van der Waals surface area contributed by atoms with E-state index in [1.54, 1.807) is 0 Å². The third-order valence-corrected chi connectivity index (χ3v) is 1.65. The van der Waals surface area contributed by atoms with Crippen LogP contribution >= 0.6 is 0 Å². The Labute approximate surface area is 78.9 Å². The van der Waals surface area contributed by atoms with Gasteiger partial charge in [0.05, 0.1) is 0 Å². The molecule has 0 fully saturated rings. The van der Waals surface area contributed by atoms with E-state index in [1.165, 1.54) is 25.1 Å². The Bertz CT molecular complexity index is 350. The van der Waals surface area contributed by atoms with Crippen molar-refractivity contribution in [3.63, 3.8) is 0 Å². The topological polar surface area (TPSA) is 46.5 Å². The van der Waals surface area contributed by atoms with Crippen LogP contribution in [0.2, 0.25) is 0 Å². The van der Waals surface area contributed by atoms with Gasteiger partial charge in [-0.15, -0.1) is 0 Å². The van der Waals surface area contributed by atoms with Gasteiger partial charge in [0, 0.05) is 0 Å². The van der Waals surface area contributed by atoms with E-state index in [1.807, 2.05) is 0 Å². The van der Waals surface area contributed by atoms with E-state index in [0.717, 1.165) is 0 Å². The SMILES string of the molecule is Cc1cccc(C(=O)O)c1OC(F)F. The zero-order valence-corrected chi connectivity index (χ0v) is 7.33. The Morgan fingerprint density at radius 2 is 2.14 bits per heavy atom. The summed E-state index contributed by atoms with van der Waals surface area (Å²) in [5.74, 6) is -1.57. The molecule has 1 N–H and O–H groups in total. The molecule has 0 saturated heterocycles. The summed E-state index contributed by atoms with van der Waals surface area (Å²) < 4.78 is 28.0. The predicted octanol–water partition coefficient (Wildman–Crippen LogP) is 2.29. The van der Waals surface area contributed by atoms with E-state index < -0.39 is 12.6 Å². The van der Waals surface area contributed by atoms with Gasteiger partial charge in [0.15, 0.2) is 0 Å². The highest BCUT2D eigenvalue weighted by Gasteiger charge is 2.16. The zero-order chi connectivity index (χ0) is 10.7. The minimum absolute atomic E-state index is 0.259. The molecule has 1 aromatic rings.